The molecule has 0 saturated carbocycles. The number of benzene rings is 2. The number of hydrogen-bond acceptors (Lipinski definition) is 2. The summed E-state index contributed by atoms with van der Waals surface area (Å²) in [6.07, 6.45) is 4.27. The summed E-state index contributed by atoms with van der Waals surface area (Å²) < 4.78 is 7.19. The van der Waals surface area contributed by atoms with Crippen molar-refractivity contribution in [1.82, 2.24) is 4.57 Å². The van der Waals surface area contributed by atoms with E-state index in [1.54, 1.807) is 25.3 Å². The third-order valence-electron chi connectivity index (χ3n) is 4.23. The molecule has 1 aromatic heterocycles. The summed E-state index contributed by atoms with van der Waals surface area (Å²) in [4.78, 5) is 12.6. The van der Waals surface area contributed by atoms with Crippen molar-refractivity contribution >= 4 is 23.2 Å². The van der Waals surface area contributed by atoms with Crippen molar-refractivity contribution < 1.29 is 9.53 Å². The Hall–Kier alpha value is -2.72. The Morgan fingerprint density at radius 3 is 2.58 bits per heavy atom. The summed E-state index contributed by atoms with van der Waals surface area (Å²) in [5, 5.41) is 3.38. The predicted molar refractivity (Wildman–Crippen MR) is 105 cm³/mol. The van der Waals surface area contributed by atoms with E-state index in [0.29, 0.717) is 22.9 Å². The Morgan fingerprint density at radius 2 is 1.92 bits per heavy atom. The number of nitrogens with one attached hydrogen (secondary N) is 1. The number of methoxy groups -OCH3 is 1. The molecule has 0 fully saturated rings. The van der Waals surface area contributed by atoms with E-state index >= 15 is 0 Å². The van der Waals surface area contributed by atoms with Crippen LogP contribution in [-0.2, 0) is 4.79 Å². The van der Waals surface area contributed by atoms with Gasteiger partial charge in [0.05, 0.1) is 24.6 Å². The number of halogens is 1. The lowest BCUT2D eigenvalue weighted by Gasteiger charge is -2.20. The van der Waals surface area contributed by atoms with Crippen LogP contribution < -0.4 is 10.1 Å². The molecule has 1 N–H and O–H groups in total. The van der Waals surface area contributed by atoms with Crippen LogP contribution in [-0.4, -0.2) is 17.6 Å². The molecule has 134 valence electrons. The molecule has 1 heterocycles. The van der Waals surface area contributed by atoms with Gasteiger partial charge in [-0.25, -0.2) is 0 Å². The van der Waals surface area contributed by atoms with Gasteiger partial charge in [-0.1, -0.05) is 41.4 Å². The largest absolute Gasteiger partial charge is 0.495 e. The molecule has 26 heavy (non-hydrogen) atoms. The lowest BCUT2D eigenvalue weighted by Crippen LogP contribution is -2.19. The molecule has 1 atom stereocenters. The average Bonchev–Trinajstić information content (AvgIpc) is 3.14. The molecular formula is C21H21ClN2O2. The molecule has 0 aliphatic heterocycles. The van der Waals surface area contributed by atoms with Crippen LogP contribution in [0.25, 0.3) is 0 Å². The molecular weight excluding hydrogens is 348 g/mol. The van der Waals surface area contributed by atoms with Crippen LogP contribution in [0.3, 0.4) is 0 Å². The van der Waals surface area contributed by atoms with Gasteiger partial charge in [0, 0.05) is 18.1 Å². The molecule has 0 aliphatic rings. The molecule has 4 nitrogen and oxygen atoms in total. The summed E-state index contributed by atoms with van der Waals surface area (Å²) >= 11 is 6.13. The normalized spacial score (nSPS) is 11.8. The zero-order chi connectivity index (χ0) is 18.5. The third kappa shape index (κ3) is 4.27. The predicted octanol–water partition coefficient (Wildman–Crippen LogP) is 5.08. The minimum atomic E-state index is -0.0774. The smallest absolute Gasteiger partial charge is 0.226 e. The van der Waals surface area contributed by atoms with Crippen LogP contribution in [0, 0.1) is 6.92 Å². The van der Waals surface area contributed by atoms with Crippen molar-refractivity contribution in [1.29, 1.82) is 0 Å². The summed E-state index contributed by atoms with van der Waals surface area (Å²) in [6, 6.07) is 17.3. The first-order valence-corrected chi connectivity index (χ1v) is 8.77. The molecule has 1 unspecified atom stereocenters. The Morgan fingerprint density at radius 1 is 1.15 bits per heavy atom. The van der Waals surface area contributed by atoms with Gasteiger partial charge in [-0.05, 0) is 42.8 Å². The van der Waals surface area contributed by atoms with Gasteiger partial charge in [-0.3, -0.25) is 4.79 Å². The summed E-state index contributed by atoms with van der Waals surface area (Å²) in [7, 11) is 1.56. The van der Waals surface area contributed by atoms with Gasteiger partial charge < -0.3 is 14.6 Å². The first kappa shape index (κ1) is 18.1. The first-order valence-electron chi connectivity index (χ1n) is 8.39. The fourth-order valence-electron chi connectivity index (χ4n) is 2.96. The van der Waals surface area contributed by atoms with Crippen molar-refractivity contribution in [3.05, 3.63) is 83.1 Å². The van der Waals surface area contributed by atoms with Crippen LogP contribution in [0.5, 0.6) is 5.75 Å². The maximum atomic E-state index is 12.6. The fourth-order valence-corrected chi connectivity index (χ4v) is 3.22. The Balaban J connectivity index is 1.79. The van der Waals surface area contributed by atoms with E-state index < -0.39 is 0 Å². The monoisotopic (exact) mass is 368 g/mol. The van der Waals surface area contributed by atoms with Crippen molar-refractivity contribution in [2.24, 2.45) is 0 Å². The standard InChI is InChI=1S/C21H21ClN2O2/c1-15-6-5-7-16(12-15)19(24-10-3-4-11-24)14-21(25)23-17-8-9-20(26-2)18(22)13-17/h3-13,19H,14H2,1-2H3,(H,23,25). The van der Waals surface area contributed by atoms with Gasteiger partial charge in [-0.2, -0.15) is 0 Å². The zero-order valence-corrected chi connectivity index (χ0v) is 15.5. The maximum absolute atomic E-state index is 12.6. The van der Waals surface area contributed by atoms with Gasteiger partial charge in [0.1, 0.15) is 5.75 Å². The number of aryl methyl sites for hydroxylation is 1. The highest BCUT2D eigenvalue weighted by Gasteiger charge is 2.18. The van der Waals surface area contributed by atoms with Gasteiger partial charge >= 0.3 is 0 Å². The van der Waals surface area contributed by atoms with Gasteiger partial charge in [-0.15, -0.1) is 0 Å². The number of nitrogens with zero attached hydrogens (tertiary/aromatic N) is 1. The van der Waals surface area contributed by atoms with Crippen LogP contribution in [0.15, 0.2) is 67.0 Å². The van der Waals surface area contributed by atoms with Crippen molar-refractivity contribution in [3.63, 3.8) is 0 Å². The van der Waals surface area contributed by atoms with Crippen LogP contribution in [0.1, 0.15) is 23.6 Å². The van der Waals surface area contributed by atoms with Crippen molar-refractivity contribution in [2.75, 3.05) is 12.4 Å². The number of ether oxygens (including phenoxy) is 1. The minimum absolute atomic E-state index is 0.0707. The number of carbonyl (C=O) groups excluding carboxylic acids is 1. The number of aromatic nitrogens is 1. The van der Waals surface area contributed by atoms with Crippen LogP contribution in [0.4, 0.5) is 5.69 Å². The second-order valence-corrected chi connectivity index (χ2v) is 6.57. The lowest BCUT2D eigenvalue weighted by atomic mass is 10.0. The second kappa shape index (κ2) is 8.11. The first-order chi connectivity index (χ1) is 12.6. The van der Waals surface area contributed by atoms with E-state index in [-0.39, 0.29) is 11.9 Å². The molecule has 0 saturated heterocycles. The van der Waals surface area contributed by atoms with E-state index in [4.69, 9.17) is 16.3 Å². The van der Waals surface area contributed by atoms with E-state index in [0.717, 1.165) is 5.56 Å². The molecule has 5 heteroatoms. The summed E-state index contributed by atoms with van der Waals surface area (Å²) in [5.74, 6) is 0.501. The zero-order valence-electron chi connectivity index (χ0n) is 14.8. The highest BCUT2D eigenvalue weighted by molar-refractivity contribution is 6.32. The van der Waals surface area contributed by atoms with Crippen molar-refractivity contribution in [3.8, 4) is 5.75 Å². The van der Waals surface area contributed by atoms with Gasteiger partial charge in [0.2, 0.25) is 5.91 Å². The van der Waals surface area contributed by atoms with Gasteiger partial charge in [0.15, 0.2) is 0 Å². The molecule has 3 rings (SSSR count). The second-order valence-electron chi connectivity index (χ2n) is 6.16. The number of rotatable bonds is 6. The minimum Gasteiger partial charge on any atom is -0.495 e. The average molecular weight is 369 g/mol. The quantitative estimate of drug-likeness (QED) is 0.659. The number of amides is 1. The SMILES string of the molecule is COc1ccc(NC(=O)CC(c2cccc(C)c2)n2cccc2)cc1Cl. The van der Waals surface area contributed by atoms with Gasteiger partial charge in [0.25, 0.3) is 0 Å². The molecule has 0 spiro atoms. The highest BCUT2D eigenvalue weighted by Crippen LogP contribution is 2.28. The number of hydrogen-bond donors (Lipinski definition) is 1. The molecule has 1 amide bonds. The maximum Gasteiger partial charge on any atom is 0.226 e. The van der Waals surface area contributed by atoms with E-state index in [9.17, 15) is 4.79 Å². The van der Waals surface area contributed by atoms with Crippen molar-refractivity contribution in [2.45, 2.75) is 19.4 Å². The Bertz CT molecular complexity index is 891. The topological polar surface area (TPSA) is 43.3 Å². The highest BCUT2D eigenvalue weighted by atomic mass is 35.5. The number of anilines is 1. The van der Waals surface area contributed by atoms with Crippen LogP contribution in [0.2, 0.25) is 5.02 Å². The van der Waals surface area contributed by atoms with E-state index in [1.165, 1.54) is 5.56 Å². The molecule has 3 aromatic rings. The molecule has 2 aromatic carbocycles. The molecule has 0 bridgehead atoms. The lowest BCUT2D eigenvalue weighted by molar-refractivity contribution is -0.116. The Labute approximate surface area is 158 Å². The summed E-state index contributed by atoms with van der Waals surface area (Å²) in [6.45, 7) is 2.05. The Kier molecular flexibility index (Phi) is 5.64. The fraction of sp³-hybridized carbons (Fsp3) is 0.190. The summed E-state index contributed by atoms with van der Waals surface area (Å²) in [5.41, 5.74) is 2.92. The third-order valence-corrected chi connectivity index (χ3v) is 4.52. The molecule has 0 aliphatic carbocycles. The molecule has 0 radical (unpaired) electrons. The van der Waals surface area contributed by atoms with E-state index in [2.05, 4.69) is 35.0 Å². The number of carbonyl (C=O) groups is 1. The van der Waals surface area contributed by atoms with Crippen LogP contribution >= 0.6 is 11.6 Å². The van der Waals surface area contributed by atoms with E-state index in [1.807, 2.05) is 30.6 Å².